The van der Waals surface area contributed by atoms with Gasteiger partial charge in [0, 0.05) is 6.92 Å². The van der Waals surface area contributed by atoms with Crippen molar-refractivity contribution in [1.29, 1.82) is 0 Å². The lowest BCUT2D eigenvalue weighted by Crippen LogP contribution is -2.22. The lowest BCUT2D eigenvalue weighted by Gasteiger charge is -2.12. The third-order valence-corrected chi connectivity index (χ3v) is 1.86. The molecule has 0 aliphatic heterocycles. The van der Waals surface area contributed by atoms with Gasteiger partial charge in [0.25, 0.3) is 0 Å². The average Bonchev–Trinajstić information content (AvgIpc) is 2.29. The zero-order chi connectivity index (χ0) is 12.7. The van der Waals surface area contributed by atoms with E-state index in [4.69, 9.17) is 4.74 Å². The van der Waals surface area contributed by atoms with Gasteiger partial charge in [-0.2, -0.15) is 0 Å². The molecule has 0 saturated heterocycles. The molecule has 0 bridgehead atoms. The Balaban J connectivity index is 2.37. The Bertz CT molecular complexity index is 374. The van der Waals surface area contributed by atoms with Gasteiger partial charge in [0.15, 0.2) is 0 Å². The molecule has 0 saturated carbocycles. The van der Waals surface area contributed by atoms with Crippen LogP contribution in [0.1, 0.15) is 12.5 Å². The van der Waals surface area contributed by atoms with E-state index in [1.54, 1.807) is 24.3 Å². The van der Waals surface area contributed by atoms with Crippen molar-refractivity contribution in [3.8, 4) is 0 Å². The molecule has 1 radical (unpaired) electrons. The van der Waals surface area contributed by atoms with E-state index >= 15 is 0 Å². The molecule has 0 N–H and O–H groups in total. The predicted molar refractivity (Wildman–Crippen MR) is 58.0 cm³/mol. The maximum absolute atomic E-state index is 11.4. The van der Waals surface area contributed by atoms with Crippen molar-refractivity contribution >= 4 is 12.1 Å². The third kappa shape index (κ3) is 5.01. The van der Waals surface area contributed by atoms with Crippen LogP contribution in [-0.2, 0) is 25.4 Å². The summed E-state index contributed by atoms with van der Waals surface area (Å²) in [6, 6.07) is 9.77. The highest BCUT2D eigenvalue weighted by atomic mass is 16.8. The SMILES string of the molecule is COC(=O)OC(C)OC(=O)Cc1cc[c]cc1. The van der Waals surface area contributed by atoms with Crippen molar-refractivity contribution in [1.82, 2.24) is 0 Å². The topological polar surface area (TPSA) is 61.8 Å². The van der Waals surface area contributed by atoms with Gasteiger partial charge in [0.05, 0.1) is 13.5 Å². The summed E-state index contributed by atoms with van der Waals surface area (Å²) in [5.74, 6) is -0.479. The van der Waals surface area contributed by atoms with Crippen LogP contribution in [0.2, 0.25) is 0 Å². The number of carbonyl (C=O) groups excluding carboxylic acids is 2. The number of methoxy groups -OCH3 is 1. The second-order valence-electron chi connectivity index (χ2n) is 3.21. The van der Waals surface area contributed by atoms with Gasteiger partial charge in [-0.05, 0) is 11.6 Å². The minimum absolute atomic E-state index is 0.115. The summed E-state index contributed by atoms with van der Waals surface area (Å²) < 4.78 is 13.7. The molecule has 91 valence electrons. The molecule has 1 rings (SSSR count). The molecule has 0 aliphatic carbocycles. The zero-order valence-corrected chi connectivity index (χ0v) is 9.64. The summed E-state index contributed by atoms with van der Waals surface area (Å²) in [6.07, 6.45) is -1.74. The van der Waals surface area contributed by atoms with E-state index < -0.39 is 18.4 Å². The van der Waals surface area contributed by atoms with Crippen LogP contribution in [0, 0.1) is 6.07 Å². The molecule has 1 aromatic carbocycles. The number of carbonyl (C=O) groups is 2. The lowest BCUT2D eigenvalue weighted by atomic mass is 10.2. The molecule has 0 aromatic heterocycles. The van der Waals surface area contributed by atoms with Crippen molar-refractivity contribution in [3.63, 3.8) is 0 Å². The fraction of sp³-hybridized carbons (Fsp3) is 0.333. The van der Waals surface area contributed by atoms with Crippen LogP contribution >= 0.6 is 0 Å². The highest BCUT2D eigenvalue weighted by Crippen LogP contribution is 2.03. The van der Waals surface area contributed by atoms with Crippen LogP contribution in [-0.4, -0.2) is 25.5 Å². The quantitative estimate of drug-likeness (QED) is 0.589. The van der Waals surface area contributed by atoms with E-state index in [9.17, 15) is 9.59 Å². The Labute approximate surface area is 99.3 Å². The maximum atomic E-state index is 11.4. The van der Waals surface area contributed by atoms with Gasteiger partial charge in [-0.1, -0.05) is 24.3 Å². The smallest absolute Gasteiger partial charge is 0.438 e. The van der Waals surface area contributed by atoms with Crippen LogP contribution in [0.4, 0.5) is 4.79 Å². The summed E-state index contributed by atoms with van der Waals surface area (Å²) in [4.78, 5) is 22.2. The van der Waals surface area contributed by atoms with Gasteiger partial charge in [-0.15, -0.1) is 0 Å². The fourth-order valence-corrected chi connectivity index (χ4v) is 1.14. The summed E-state index contributed by atoms with van der Waals surface area (Å²) in [5.41, 5.74) is 0.805. The van der Waals surface area contributed by atoms with Crippen molar-refractivity contribution in [2.75, 3.05) is 7.11 Å². The second-order valence-corrected chi connectivity index (χ2v) is 3.21. The van der Waals surface area contributed by atoms with Crippen molar-refractivity contribution in [3.05, 3.63) is 35.9 Å². The Morgan fingerprint density at radius 2 is 1.94 bits per heavy atom. The van der Waals surface area contributed by atoms with Gasteiger partial charge < -0.3 is 14.2 Å². The number of rotatable bonds is 4. The molecular weight excluding hydrogens is 224 g/mol. The lowest BCUT2D eigenvalue weighted by molar-refractivity contribution is -0.166. The van der Waals surface area contributed by atoms with E-state index in [1.165, 1.54) is 14.0 Å². The van der Waals surface area contributed by atoms with Gasteiger partial charge in [-0.3, -0.25) is 4.79 Å². The van der Waals surface area contributed by atoms with Crippen LogP contribution in [0.5, 0.6) is 0 Å². The molecule has 1 atom stereocenters. The van der Waals surface area contributed by atoms with E-state index in [-0.39, 0.29) is 6.42 Å². The molecule has 0 aliphatic rings. The third-order valence-electron chi connectivity index (χ3n) is 1.86. The minimum atomic E-state index is -0.967. The second kappa shape index (κ2) is 6.52. The van der Waals surface area contributed by atoms with Crippen LogP contribution in [0.25, 0.3) is 0 Å². The van der Waals surface area contributed by atoms with E-state index in [2.05, 4.69) is 15.5 Å². The first-order valence-electron chi connectivity index (χ1n) is 5.01. The number of hydrogen-bond acceptors (Lipinski definition) is 5. The maximum Gasteiger partial charge on any atom is 0.511 e. The van der Waals surface area contributed by atoms with E-state index in [0.717, 1.165) is 5.56 Å². The summed E-state index contributed by atoms with van der Waals surface area (Å²) >= 11 is 0. The van der Waals surface area contributed by atoms with Gasteiger partial charge in [0.1, 0.15) is 0 Å². The molecule has 1 aromatic rings. The van der Waals surface area contributed by atoms with Gasteiger partial charge >= 0.3 is 12.1 Å². The first-order valence-corrected chi connectivity index (χ1v) is 5.01. The highest BCUT2D eigenvalue weighted by molar-refractivity contribution is 5.72. The van der Waals surface area contributed by atoms with E-state index in [0.29, 0.717) is 0 Å². The largest absolute Gasteiger partial charge is 0.511 e. The Morgan fingerprint density at radius 1 is 1.29 bits per heavy atom. The zero-order valence-electron chi connectivity index (χ0n) is 9.64. The monoisotopic (exact) mass is 237 g/mol. The summed E-state index contributed by atoms with van der Waals surface area (Å²) in [7, 11) is 1.18. The molecule has 5 heteroatoms. The Kier molecular flexibility index (Phi) is 5.00. The molecule has 5 nitrogen and oxygen atoms in total. The fourth-order valence-electron chi connectivity index (χ4n) is 1.14. The van der Waals surface area contributed by atoms with Gasteiger partial charge in [0.2, 0.25) is 6.29 Å². The standard InChI is InChI=1S/C12H13O5/c1-9(17-12(14)15-2)16-11(13)8-10-6-4-3-5-7-10/h4-7,9H,8H2,1-2H3. The van der Waals surface area contributed by atoms with Crippen molar-refractivity contribution in [2.45, 2.75) is 19.6 Å². The Hall–Kier alpha value is -2.04. The average molecular weight is 237 g/mol. The molecule has 0 heterocycles. The molecule has 0 fully saturated rings. The van der Waals surface area contributed by atoms with Crippen LogP contribution in [0.3, 0.4) is 0 Å². The van der Waals surface area contributed by atoms with E-state index in [1.807, 2.05) is 0 Å². The van der Waals surface area contributed by atoms with Gasteiger partial charge in [-0.25, -0.2) is 4.79 Å². The van der Waals surface area contributed by atoms with Crippen LogP contribution in [0.15, 0.2) is 24.3 Å². The molecule has 1 unspecified atom stereocenters. The summed E-state index contributed by atoms with van der Waals surface area (Å²) in [5, 5.41) is 0. The summed E-state index contributed by atoms with van der Waals surface area (Å²) in [6.45, 7) is 1.44. The number of esters is 1. The first kappa shape index (κ1) is 13.0. The first-order chi connectivity index (χ1) is 8.11. The number of ether oxygens (including phenoxy) is 3. The Morgan fingerprint density at radius 3 is 2.53 bits per heavy atom. The molecule has 17 heavy (non-hydrogen) atoms. The van der Waals surface area contributed by atoms with Crippen molar-refractivity contribution < 1.29 is 23.8 Å². The predicted octanol–water partition coefficient (Wildman–Crippen LogP) is 1.70. The van der Waals surface area contributed by atoms with Crippen molar-refractivity contribution in [2.24, 2.45) is 0 Å². The minimum Gasteiger partial charge on any atom is -0.438 e. The number of benzene rings is 1. The molecular formula is C12H13O5. The highest BCUT2D eigenvalue weighted by Gasteiger charge is 2.14. The normalized spacial score (nSPS) is 11.4. The number of hydrogen-bond donors (Lipinski definition) is 0. The molecule has 0 spiro atoms. The molecule has 0 amide bonds. The van der Waals surface area contributed by atoms with Crippen LogP contribution < -0.4 is 0 Å².